The maximum atomic E-state index is 14.0. The number of halogens is 3. The largest absolute Gasteiger partial charge is 0.367 e. The Morgan fingerprint density at radius 3 is 2.89 bits per heavy atom. The topological polar surface area (TPSA) is 78.6 Å². The molecule has 1 aliphatic rings. The minimum atomic E-state index is -0.567. The van der Waals surface area contributed by atoms with Gasteiger partial charge in [-0.3, -0.25) is 4.99 Å². The zero-order valence-corrected chi connectivity index (χ0v) is 18.2. The highest BCUT2D eigenvalue weighted by atomic mass is 127. The van der Waals surface area contributed by atoms with Crippen molar-refractivity contribution < 1.29 is 13.3 Å². The predicted molar refractivity (Wildman–Crippen MR) is 114 cm³/mol. The smallest absolute Gasteiger partial charge is 0.228 e. The molecule has 0 bridgehead atoms. The summed E-state index contributed by atoms with van der Waals surface area (Å²) in [7, 11) is 0. The highest BCUT2D eigenvalue weighted by Crippen LogP contribution is 2.24. The highest BCUT2D eigenvalue weighted by molar-refractivity contribution is 14.0. The molecule has 1 aliphatic heterocycles. The average Bonchev–Trinajstić information content (AvgIpc) is 3.24. The molecule has 10 heteroatoms. The maximum absolute atomic E-state index is 14.0. The fraction of sp³-hybridized carbons (Fsp3) is 0.500. The molecular weight excluding hydrogens is 481 g/mol. The van der Waals surface area contributed by atoms with Crippen LogP contribution in [0.1, 0.15) is 25.1 Å². The van der Waals surface area contributed by atoms with E-state index < -0.39 is 11.6 Å². The van der Waals surface area contributed by atoms with E-state index in [1.165, 1.54) is 12.1 Å². The Hall–Kier alpha value is -1.98. The summed E-state index contributed by atoms with van der Waals surface area (Å²) < 4.78 is 32.2. The summed E-state index contributed by atoms with van der Waals surface area (Å²) in [6, 6.07) is 3.81. The number of benzene rings is 1. The van der Waals surface area contributed by atoms with Crippen LogP contribution < -0.4 is 15.5 Å². The lowest BCUT2D eigenvalue weighted by atomic mass is 10.2. The van der Waals surface area contributed by atoms with E-state index in [1.54, 1.807) is 6.92 Å². The van der Waals surface area contributed by atoms with Crippen LogP contribution in [0, 0.1) is 18.6 Å². The first-order valence-corrected chi connectivity index (χ1v) is 9.09. The van der Waals surface area contributed by atoms with Crippen LogP contribution in [0.5, 0.6) is 0 Å². The minimum Gasteiger partial charge on any atom is -0.367 e. The van der Waals surface area contributed by atoms with E-state index >= 15 is 0 Å². The molecule has 0 radical (unpaired) electrons. The zero-order valence-electron chi connectivity index (χ0n) is 15.9. The van der Waals surface area contributed by atoms with Gasteiger partial charge in [0.05, 0.1) is 12.2 Å². The van der Waals surface area contributed by atoms with Crippen molar-refractivity contribution in [3.05, 3.63) is 41.5 Å². The number of aryl methyl sites for hydroxylation is 1. The summed E-state index contributed by atoms with van der Waals surface area (Å²) in [5, 5.41) is 10.3. The first-order valence-electron chi connectivity index (χ1n) is 9.09. The average molecular weight is 506 g/mol. The highest BCUT2D eigenvalue weighted by Gasteiger charge is 2.25. The second-order valence-electron chi connectivity index (χ2n) is 6.42. The molecule has 28 heavy (non-hydrogen) atoms. The van der Waals surface area contributed by atoms with Crippen molar-refractivity contribution in [3.8, 4) is 0 Å². The molecule has 2 N–H and O–H groups in total. The Bertz CT molecular complexity index is 800. The van der Waals surface area contributed by atoms with E-state index in [4.69, 9.17) is 4.52 Å². The standard InChI is InChI=1S/C18H24F2N6O.HI/c1-3-21-18(22-8-6-17-23-12(2)25-27-17)24-14-7-9-26(11-14)16-5-4-13(19)10-15(16)20;/h4-5,10,14H,3,6-9,11H2,1-2H3,(H2,21,22,24);1H. The van der Waals surface area contributed by atoms with Gasteiger partial charge < -0.3 is 20.1 Å². The number of nitrogens with zero attached hydrogens (tertiary/aromatic N) is 4. The maximum Gasteiger partial charge on any atom is 0.228 e. The molecule has 1 fully saturated rings. The molecule has 2 aromatic rings. The first kappa shape index (κ1) is 22.3. The molecule has 0 spiro atoms. The number of nitrogens with one attached hydrogen (secondary N) is 2. The monoisotopic (exact) mass is 506 g/mol. The second-order valence-corrected chi connectivity index (χ2v) is 6.42. The van der Waals surface area contributed by atoms with Crippen molar-refractivity contribution in [2.24, 2.45) is 4.99 Å². The van der Waals surface area contributed by atoms with Crippen LogP contribution in [-0.4, -0.2) is 48.3 Å². The quantitative estimate of drug-likeness (QED) is 0.357. The van der Waals surface area contributed by atoms with E-state index in [0.717, 1.165) is 19.0 Å². The Morgan fingerprint density at radius 2 is 2.21 bits per heavy atom. The summed E-state index contributed by atoms with van der Waals surface area (Å²) >= 11 is 0. The molecule has 7 nitrogen and oxygen atoms in total. The van der Waals surface area contributed by atoms with Gasteiger partial charge in [-0.05, 0) is 32.4 Å². The zero-order chi connectivity index (χ0) is 19.2. The van der Waals surface area contributed by atoms with Gasteiger partial charge in [0, 0.05) is 38.2 Å². The lowest BCUT2D eigenvalue weighted by molar-refractivity contribution is 0.376. The summed E-state index contributed by atoms with van der Waals surface area (Å²) in [6.07, 6.45) is 1.40. The van der Waals surface area contributed by atoms with Gasteiger partial charge in [-0.15, -0.1) is 24.0 Å². The van der Waals surface area contributed by atoms with E-state index in [1.807, 2.05) is 11.8 Å². The molecular formula is C18H25F2IN6O. The molecule has 154 valence electrons. The molecule has 1 aromatic carbocycles. The third-order valence-corrected chi connectivity index (χ3v) is 4.29. The van der Waals surface area contributed by atoms with Crippen molar-refractivity contribution in [2.75, 3.05) is 31.1 Å². The molecule has 0 saturated carbocycles. The van der Waals surface area contributed by atoms with Gasteiger partial charge in [0.15, 0.2) is 11.8 Å². The van der Waals surface area contributed by atoms with E-state index in [0.29, 0.717) is 49.4 Å². The first-order chi connectivity index (χ1) is 13.0. The number of anilines is 1. The number of aliphatic imine (C=N–C) groups is 1. The van der Waals surface area contributed by atoms with Crippen LogP contribution in [0.15, 0.2) is 27.7 Å². The Balaban J connectivity index is 0.00000280. The number of aromatic nitrogens is 2. The molecule has 0 aliphatic carbocycles. The number of guanidine groups is 1. The van der Waals surface area contributed by atoms with Gasteiger partial charge in [-0.25, -0.2) is 8.78 Å². The van der Waals surface area contributed by atoms with Crippen LogP contribution in [0.25, 0.3) is 0 Å². The van der Waals surface area contributed by atoms with E-state index in [2.05, 4.69) is 25.8 Å². The van der Waals surface area contributed by atoms with Crippen LogP contribution in [0.2, 0.25) is 0 Å². The van der Waals surface area contributed by atoms with Crippen molar-refractivity contribution >= 4 is 35.6 Å². The fourth-order valence-corrected chi connectivity index (χ4v) is 3.05. The molecule has 1 unspecified atom stereocenters. The number of hydrogen-bond acceptors (Lipinski definition) is 5. The van der Waals surface area contributed by atoms with Gasteiger partial charge in [-0.2, -0.15) is 4.98 Å². The number of hydrogen-bond donors (Lipinski definition) is 2. The SMILES string of the molecule is CCNC(=NCCc1nc(C)no1)NC1CCN(c2ccc(F)cc2F)C1.I. The molecule has 2 heterocycles. The van der Waals surface area contributed by atoms with E-state index in [-0.39, 0.29) is 30.0 Å². The third-order valence-electron chi connectivity index (χ3n) is 4.29. The van der Waals surface area contributed by atoms with Gasteiger partial charge in [-0.1, -0.05) is 5.16 Å². The molecule has 1 atom stereocenters. The van der Waals surface area contributed by atoms with Crippen LogP contribution in [0.4, 0.5) is 14.5 Å². The molecule has 1 saturated heterocycles. The lowest BCUT2D eigenvalue weighted by Gasteiger charge is -2.21. The summed E-state index contributed by atoms with van der Waals surface area (Å²) in [5.74, 6) is 0.762. The summed E-state index contributed by atoms with van der Waals surface area (Å²) in [6.45, 7) is 6.33. The summed E-state index contributed by atoms with van der Waals surface area (Å²) in [4.78, 5) is 10.6. The normalized spacial score (nSPS) is 16.8. The van der Waals surface area contributed by atoms with Gasteiger partial charge in [0.1, 0.15) is 11.6 Å². The Kier molecular flexibility index (Phi) is 8.39. The Morgan fingerprint density at radius 1 is 1.39 bits per heavy atom. The predicted octanol–water partition coefficient (Wildman–Crippen LogP) is 2.65. The molecule has 0 amide bonds. The van der Waals surface area contributed by atoms with Crippen molar-refractivity contribution in [1.29, 1.82) is 0 Å². The van der Waals surface area contributed by atoms with Gasteiger partial charge >= 0.3 is 0 Å². The minimum absolute atomic E-state index is 0. The van der Waals surface area contributed by atoms with Crippen molar-refractivity contribution in [1.82, 2.24) is 20.8 Å². The fourth-order valence-electron chi connectivity index (χ4n) is 3.05. The Labute approximate surface area is 180 Å². The van der Waals surface area contributed by atoms with Crippen LogP contribution in [-0.2, 0) is 6.42 Å². The number of rotatable bonds is 6. The van der Waals surface area contributed by atoms with Crippen molar-refractivity contribution in [2.45, 2.75) is 32.7 Å². The second kappa shape index (κ2) is 10.5. The molecule has 3 rings (SSSR count). The van der Waals surface area contributed by atoms with Gasteiger partial charge in [0.25, 0.3) is 0 Å². The van der Waals surface area contributed by atoms with Crippen LogP contribution >= 0.6 is 24.0 Å². The van der Waals surface area contributed by atoms with Crippen LogP contribution in [0.3, 0.4) is 0 Å². The molecule has 1 aromatic heterocycles. The third kappa shape index (κ3) is 6.01. The van der Waals surface area contributed by atoms with Crippen molar-refractivity contribution in [3.63, 3.8) is 0 Å². The van der Waals surface area contributed by atoms with E-state index in [9.17, 15) is 8.78 Å². The summed E-state index contributed by atoms with van der Waals surface area (Å²) in [5.41, 5.74) is 0.425. The van der Waals surface area contributed by atoms with Gasteiger partial charge in [0.2, 0.25) is 5.89 Å². The lowest BCUT2D eigenvalue weighted by Crippen LogP contribution is -2.44.